The second-order valence-corrected chi connectivity index (χ2v) is 9.90. The molecular formula is C29H33F3N4O7. The van der Waals surface area contributed by atoms with Gasteiger partial charge in [0.1, 0.15) is 0 Å². The summed E-state index contributed by atoms with van der Waals surface area (Å²) in [6, 6.07) is 14.6. The van der Waals surface area contributed by atoms with Crippen LogP contribution >= 0.6 is 0 Å². The number of urea groups is 1. The lowest BCUT2D eigenvalue weighted by molar-refractivity contribution is -0.286. The minimum atomic E-state index is -5.37. The van der Waals surface area contributed by atoms with Gasteiger partial charge in [-0.1, -0.05) is 73.9 Å². The Morgan fingerprint density at radius 3 is 2.12 bits per heavy atom. The van der Waals surface area contributed by atoms with Gasteiger partial charge < -0.3 is 21.3 Å². The third-order valence-corrected chi connectivity index (χ3v) is 6.59. The Hall–Kier alpha value is -4.62. The minimum absolute atomic E-state index is 0.0465. The highest BCUT2D eigenvalue weighted by atomic mass is 19.4. The molecule has 0 saturated heterocycles. The number of hydrogen-bond acceptors (Lipinski definition) is 7. The van der Waals surface area contributed by atoms with E-state index in [0.29, 0.717) is 5.56 Å². The largest absolute Gasteiger partial charge is 0.495 e. The highest BCUT2D eigenvalue weighted by molar-refractivity contribution is 5.86. The van der Waals surface area contributed by atoms with E-state index in [4.69, 9.17) is 0 Å². The average molecular weight is 607 g/mol. The number of carbonyl (C=O) groups is 5. The predicted octanol–water partition coefficient (Wildman–Crippen LogP) is 3.60. The molecule has 4 N–H and O–H groups in total. The van der Waals surface area contributed by atoms with E-state index in [1.54, 1.807) is 24.3 Å². The van der Waals surface area contributed by atoms with Crippen molar-refractivity contribution in [2.45, 2.75) is 63.2 Å². The molecule has 43 heavy (non-hydrogen) atoms. The number of halogens is 3. The molecule has 0 aromatic heterocycles. The normalized spacial score (nSPS) is 14.1. The number of amides is 4. The summed E-state index contributed by atoms with van der Waals surface area (Å²) in [6.07, 6.45) is -1.05. The summed E-state index contributed by atoms with van der Waals surface area (Å²) in [5.41, 5.74) is 2.12. The summed E-state index contributed by atoms with van der Waals surface area (Å²) in [4.78, 5) is 67.4. The fraction of sp³-hybridized carbons (Fsp3) is 0.414. The molecule has 2 aromatic carbocycles. The first-order valence-corrected chi connectivity index (χ1v) is 13.8. The molecule has 1 unspecified atom stereocenters. The lowest BCUT2D eigenvalue weighted by Gasteiger charge is -2.22. The van der Waals surface area contributed by atoms with Gasteiger partial charge in [0.15, 0.2) is 0 Å². The van der Waals surface area contributed by atoms with E-state index in [9.17, 15) is 37.1 Å². The van der Waals surface area contributed by atoms with Crippen molar-refractivity contribution in [3.8, 4) is 11.1 Å². The summed E-state index contributed by atoms with van der Waals surface area (Å²) in [6.45, 7) is -0.436. The molecule has 1 fully saturated rings. The zero-order chi connectivity index (χ0) is 31.2. The second kappa shape index (κ2) is 16.1. The van der Waals surface area contributed by atoms with E-state index >= 15 is 0 Å². The first kappa shape index (κ1) is 32.9. The van der Waals surface area contributed by atoms with Gasteiger partial charge in [0.05, 0.1) is 19.0 Å². The quantitative estimate of drug-likeness (QED) is 0.225. The van der Waals surface area contributed by atoms with Crippen LogP contribution in [0.5, 0.6) is 0 Å². The third kappa shape index (κ3) is 11.6. The van der Waals surface area contributed by atoms with Gasteiger partial charge >= 0.3 is 24.1 Å². The van der Waals surface area contributed by atoms with Gasteiger partial charge in [0.2, 0.25) is 11.8 Å². The van der Waals surface area contributed by atoms with Crippen molar-refractivity contribution in [2.24, 2.45) is 0 Å². The molecule has 0 spiro atoms. The summed E-state index contributed by atoms with van der Waals surface area (Å²) < 4.78 is 37.1. The molecule has 14 heteroatoms. The second-order valence-electron chi connectivity index (χ2n) is 9.90. The van der Waals surface area contributed by atoms with Gasteiger partial charge in [0.25, 0.3) is 0 Å². The fourth-order valence-electron chi connectivity index (χ4n) is 4.41. The molecule has 1 saturated carbocycles. The maximum absolute atomic E-state index is 12.6. The maximum Gasteiger partial charge on any atom is 0.495 e. The van der Waals surface area contributed by atoms with Crippen LogP contribution in [0.2, 0.25) is 0 Å². The van der Waals surface area contributed by atoms with Crippen molar-refractivity contribution < 1.29 is 46.9 Å². The molecule has 0 radical (unpaired) electrons. The van der Waals surface area contributed by atoms with E-state index in [1.807, 2.05) is 30.3 Å². The molecule has 2 aromatic rings. The molecule has 3 rings (SSSR count). The Labute approximate surface area is 245 Å². The van der Waals surface area contributed by atoms with Gasteiger partial charge in [-0.25, -0.2) is 24.2 Å². The molecule has 11 nitrogen and oxygen atoms in total. The Bertz CT molecular complexity index is 1250. The molecule has 1 aliphatic rings. The summed E-state index contributed by atoms with van der Waals surface area (Å²) in [5.74, 6) is -5.29. The molecule has 1 atom stereocenters. The molecule has 4 amide bonds. The zero-order valence-electron chi connectivity index (χ0n) is 23.2. The first-order valence-electron chi connectivity index (χ1n) is 13.8. The molecular weight excluding hydrogens is 573 g/mol. The number of benzene rings is 2. The van der Waals surface area contributed by atoms with Gasteiger partial charge in [-0.2, -0.15) is 13.2 Å². The fourth-order valence-corrected chi connectivity index (χ4v) is 4.41. The van der Waals surface area contributed by atoms with E-state index in [0.717, 1.165) is 43.2 Å². The summed E-state index contributed by atoms with van der Waals surface area (Å²) in [7, 11) is 0. The average Bonchev–Trinajstić information content (AvgIpc) is 2.99. The molecule has 1 aliphatic carbocycles. The lowest BCUT2D eigenvalue weighted by atomic mass is 9.96. The van der Waals surface area contributed by atoms with Crippen LogP contribution in [-0.4, -0.2) is 55.1 Å². The van der Waals surface area contributed by atoms with Gasteiger partial charge in [-0.3, -0.25) is 9.59 Å². The van der Waals surface area contributed by atoms with Gasteiger partial charge in [0, 0.05) is 19.0 Å². The number of alkyl halides is 3. The summed E-state index contributed by atoms with van der Waals surface area (Å²) >= 11 is 0. The number of rotatable bonds is 11. The Morgan fingerprint density at radius 2 is 1.47 bits per heavy atom. The number of hydrogen-bond donors (Lipinski definition) is 4. The third-order valence-electron chi connectivity index (χ3n) is 6.59. The SMILES string of the molecule is O=C(CCNC(=O)NC1CCCCC1)NCC(=O)NC(CC(=O)OOC(=O)C(F)(F)F)c1ccc(-c2ccccc2)cc1. The summed E-state index contributed by atoms with van der Waals surface area (Å²) in [5, 5.41) is 10.4. The lowest BCUT2D eigenvalue weighted by Crippen LogP contribution is -2.44. The molecule has 0 aliphatic heterocycles. The number of carbonyl (C=O) groups excluding carboxylic acids is 5. The molecule has 0 bridgehead atoms. The first-order chi connectivity index (χ1) is 20.5. The van der Waals surface area contributed by atoms with Crippen LogP contribution in [0.25, 0.3) is 11.1 Å². The van der Waals surface area contributed by atoms with Crippen LogP contribution in [0.1, 0.15) is 56.6 Å². The van der Waals surface area contributed by atoms with Crippen LogP contribution in [0.15, 0.2) is 54.6 Å². The van der Waals surface area contributed by atoms with Crippen LogP contribution in [0, 0.1) is 0 Å². The van der Waals surface area contributed by atoms with Gasteiger partial charge in [-0.15, -0.1) is 0 Å². The van der Waals surface area contributed by atoms with Crippen molar-refractivity contribution >= 4 is 29.8 Å². The Kier molecular flexibility index (Phi) is 12.3. The van der Waals surface area contributed by atoms with E-state index in [1.165, 1.54) is 0 Å². The molecule has 232 valence electrons. The van der Waals surface area contributed by atoms with E-state index in [-0.39, 0.29) is 25.0 Å². The van der Waals surface area contributed by atoms with Crippen molar-refractivity contribution in [1.82, 2.24) is 21.3 Å². The number of nitrogens with one attached hydrogen (secondary N) is 4. The predicted molar refractivity (Wildman–Crippen MR) is 147 cm³/mol. The minimum Gasteiger partial charge on any atom is -0.347 e. The van der Waals surface area contributed by atoms with Crippen LogP contribution in [-0.2, 0) is 29.0 Å². The van der Waals surface area contributed by atoms with Gasteiger partial charge in [-0.05, 0) is 29.5 Å². The smallest absolute Gasteiger partial charge is 0.347 e. The van der Waals surface area contributed by atoms with Crippen LogP contribution in [0.4, 0.5) is 18.0 Å². The Balaban J connectivity index is 1.52. The highest BCUT2D eigenvalue weighted by Gasteiger charge is 2.43. The van der Waals surface area contributed by atoms with Crippen molar-refractivity contribution in [2.75, 3.05) is 13.1 Å². The van der Waals surface area contributed by atoms with Crippen LogP contribution in [0.3, 0.4) is 0 Å². The highest BCUT2D eigenvalue weighted by Crippen LogP contribution is 2.24. The van der Waals surface area contributed by atoms with Crippen LogP contribution < -0.4 is 21.3 Å². The monoisotopic (exact) mass is 606 g/mol. The standard InChI is InChI=1S/C29H33F3N4O7/c30-29(31,32)27(40)43-42-26(39)17-23(21-13-11-20(12-14-21)19-7-3-1-4-8-19)36-25(38)18-34-24(37)15-16-33-28(41)35-22-9-5-2-6-10-22/h1,3-4,7-8,11-14,22-23H,2,5-6,9-10,15-18H2,(H,34,37)(H,36,38)(H2,33,35,41). The Morgan fingerprint density at radius 1 is 0.814 bits per heavy atom. The van der Waals surface area contributed by atoms with Crippen molar-refractivity contribution in [3.63, 3.8) is 0 Å². The molecule has 0 heterocycles. The van der Waals surface area contributed by atoms with E-state index in [2.05, 4.69) is 31.0 Å². The van der Waals surface area contributed by atoms with Crippen molar-refractivity contribution in [3.05, 3.63) is 60.2 Å². The van der Waals surface area contributed by atoms with Crippen molar-refractivity contribution in [1.29, 1.82) is 0 Å². The van der Waals surface area contributed by atoms with E-state index < -0.39 is 48.9 Å². The maximum atomic E-state index is 12.6. The zero-order valence-corrected chi connectivity index (χ0v) is 23.2. The topological polar surface area (TPSA) is 152 Å².